The summed E-state index contributed by atoms with van der Waals surface area (Å²) in [6.07, 6.45) is 83.2. The van der Waals surface area contributed by atoms with Gasteiger partial charge in [0.25, 0.3) is 0 Å². The number of hydrogen-bond donors (Lipinski definition) is 0. The maximum atomic E-state index is 2.28. The third-order valence-electron chi connectivity index (χ3n) is 14.2. The maximum Gasteiger partial charge on any atom is -0.0533 e. The largest absolute Gasteiger partial charge is 0.0654 e. The van der Waals surface area contributed by atoms with Crippen LogP contribution in [0.25, 0.3) is 0 Å². The summed E-state index contributed by atoms with van der Waals surface area (Å²) in [6, 6.07) is 0. The van der Waals surface area contributed by atoms with Gasteiger partial charge in [-0.25, -0.2) is 0 Å². The molecule has 0 rings (SSSR count). The molecular formula is C72H158. The Balaban J connectivity index is -0.000000137. The molecule has 72 heavy (non-hydrogen) atoms. The van der Waals surface area contributed by atoms with Gasteiger partial charge in [0.2, 0.25) is 0 Å². The SMILES string of the molecule is CCCCCCCCCC.CCCCCCCCCC.CCCCCCCCCC.CCCCCCCCCC.CCCCCCCCCC.CCCCCCCCCC.CCCCCCCCCCCC. The molecule has 0 heteroatoms. The fourth-order valence-corrected chi connectivity index (χ4v) is 8.80. The average molecular weight is 1020 g/mol. The first-order chi connectivity index (χ1) is 35.4. The van der Waals surface area contributed by atoms with Gasteiger partial charge in [0.15, 0.2) is 0 Å². The Morgan fingerprint density at radius 1 is 0.0694 bits per heavy atom. The van der Waals surface area contributed by atoms with Crippen LogP contribution in [0, 0.1) is 0 Å². The molecule has 0 spiro atoms. The number of rotatable bonds is 51. The van der Waals surface area contributed by atoms with Gasteiger partial charge in [-0.1, -0.05) is 469 Å². The average Bonchev–Trinajstić information content (AvgIpc) is 3.40. The Kier molecular flexibility index (Phi) is 123. The zero-order chi connectivity index (χ0) is 55.0. The highest BCUT2D eigenvalue weighted by atomic mass is 14.0. The molecule has 0 fully saturated rings. The van der Waals surface area contributed by atoms with Crippen molar-refractivity contribution in [3.05, 3.63) is 0 Å². The Bertz CT molecular complexity index is 497. The van der Waals surface area contributed by atoms with Crippen molar-refractivity contribution >= 4 is 0 Å². The van der Waals surface area contributed by atoms with Crippen LogP contribution in [0.5, 0.6) is 0 Å². The van der Waals surface area contributed by atoms with Crippen molar-refractivity contribution in [1.82, 2.24) is 0 Å². The van der Waals surface area contributed by atoms with E-state index in [2.05, 4.69) is 96.9 Å². The summed E-state index contributed by atoms with van der Waals surface area (Å²) >= 11 is 0. The molecule has 0 unspecified atom stereocenters. The molecule has 0 aromatic carbocycles. The fourth-order valence-electron chi connectivity index (χ4n) is 8.80. The van der Waals surface area contributed by atoms with E-state index in [-0.39, 0.29) is 0 Å². The molecular weight excluding hydrogens is 865 g/mol. The van der Waals surface area contributed by atoms with Gasteiger partial charge in [-0.2, -0.15) is 0 Å². The third kappa shape index (κ3) is 128. The van der Waals surface area contributed by atoms with Crippen LogP contribution in [0.15, 0.2) is 0 Å². The summed E-state index contributed by atoms with van der Waals surface area (Å²) in [5.74, 6) is 0. The minimum Gasteiger partial charge on any atom is -0.0654 e. The molecule has 0 aliphatic carbocycles. The van der Waals surface area contributed by atoms with Crippen LogP contribution in [-0.2, 0) is 0 Å². The molecule has 0 saturated heterocycles. The lowest BCUT2D eigenvalue weighted by Gasteiger charge is -1.99. The van der Waals surface area contributed by atoms with Gasteiger partial charge in [0.05, 0.1) is 0 Å². The highest BCUT2D eigenvalue weighted by Gasteiger charge is 1.93. The summed E-state index contributed by atoms with van der Waals surface area (Å²) in [6.45, 7) is 31.8. The highest BCUT2D eigenvalue weighted by Crippen LogP contribution is 2.13. The molecule has 446 valence electrons. The predicted octanol–water partition coefficient (Wildman–Crippen LogP) is 29.8. The van der Waals surface area contributed by atoms with Crippen LogP contribution in [-0.4, -0.2) is 0 Å². The van der Waals surface area contributed by atoms with E-state index >= 15 is 0 Å². The van der Waals surface area contributed by atoms with Crippen LogP contribution in [0.4, 0.5) is 0 Å². The summed E-state index contributed by atoms with van der Waals surface area (Å²) < 4.78 is 0. The second kappa shape index (κ2) is 103. The van der Waals surface area contributed by atoms with Crippen LogP contribution in [0.3, 0.4) is 0 Å². The predicted molar refractivity (Wildman–Crippen MR) is 347 cm³/mol. The van der Waals surface area contributed by atoms with Crippen molar-refractivity contribution in [2.45, 2.75) is 469 Å². The normalized spacial score (nSPS) is 10.2. The molecule has 0 saturated carbocycles. The van der Waals surface area contributed by atoms with Crippen LogP contribution in [0.1, 0.15) is 469 Å². The van der Waals surface area contributed by atoms with Crippen molar-refractivity contribution in [3.63, 3.8) is 0 Å². The topological polar surface area (TPSA) is 0 Å². The summed E-state index contributed by atoms with van der Waals surface area (Å²) in [5.41, 5.74) is 0. The standard InChI is InChI=1S/C12H26.6C10H22/c1-3-5-7-9-11-12-10-8-6-4-2;6*1-3-5-7-9-10-8-6-4-2/h3-12H2,1-2H3;6*3-10H2,1-2H3. The summed E-state index contributed by atoms with van der Waals surface area (Å²) in [5, 5.41) is 0. The van der Waals surface area contributed by atoms with E-state index in [4.69, 9.17) is 0 Å². The third-order valence-corrected chi connectivity index (χ3v) is 14.2. The Morgan fingerprint density at radius 3 is 0.153 bits per heavy atom. The van der Waals surface area contributed by atoms with Crippen molar-refractivity contribution in [2.75, 3.05) is 0 Å². The van der Waals surface area contributed by atoms with Gasteiger partial charge >= 0.3 is 0 Å². The van der Waals surface area contributed by atoms with E-state index in [0.29, 0.717) is 0 Å². The zero-order valence-electron chi connectivity index (χ0n) is 55.0. The first-order valence-electron chi connectivity index (χ1n) is 35.4. The molecule has 0 aliphatic heterocycles. The van der Waals surface area contributed by atoms with E-state index in [9.17, 15) is 0 Å². The van der Waals surface area contributed by atoms with E-state index in [1.54, 1.807) is 0 Å². The van der Waals surface area contributed by atoms with Crippen molar-refractivity contribution in [3.8, 4) is 0 Å². The first-order valence-corrected chi connectivity index (χ1v) is 35.4. The van der Waals surface area contributed by atoms with Crippen LogP contribution < -0.4 is 0 Å². The van der Waals surface area contributed by atoms with Crippen LogP contribution in [0.2, 0.25) is 0 Å². The lowest BCUT2D eigenvalue weighted by molar-refractivity contribution is 0.562. The minimum atomic E-state index is 1.37. The molecule has 0 aliphatic rings. The smallest absolute Gasteiger partial charge is 0.0533 e. The Morgan fingerprint density at radius 2 is 0.111 bits per heavy atom. The van der Waals surface area contributed by atoms with E-state index < -0.39 is 0 Å². The quantitative estimate of drug-likeness (QED) is 0.0533. The summed E-state index contributed by atoms with van der Waals surface area (Å²) in [4.78, 5) is 0. The van der Waals surface area contributed by atoms with Crippen molar-refractivity contribution in [2.24, 2.45) is 0 Å². The van der Waals surface area contributed by atoms with Gasteiger partial charge in [-0.05, 0) is 0 Å². The Hall–Kier alpha value is 0. The van der Waals surface area contributed by atoms with E-state index in [1.807, 2.05) is 0 Å². The molecule has 0 nitrogen and oxygen atoms in total. The fraction of sp³-hybridized carbons (Fsp3) is 1.00. The lowest BCUT2D eigenvalue weighted by Crippen LogP contribution is -1.80. The zero-order valence-corrected chi connectivity index (χ0v) is 55.0. The van der Waals surface area contributed by atoms with Gasteiger partial charge in [0.1, 0.15) is 0 Å². The van der Waals surface area contributed by atoms with E-state index in [0.717, 1.165) is 0 Å². The van der Waals surface area contributed by atoms with E-state index in [1.165, 1.54) is 372 Å². The number of hydrogen-bond acceptors (Lipinski definition) is 0. The molecule has 0 amide bonds. The van der Waals surface area contributed by atoms with Crippen molar-refractivity contribution < 1.29 is 0 Å². The molecule has 0 atom stereocenters. The molecule has 0 heterocycles. The first kappa shape index (κ1) is 85.9. The Labute approximate surface area is 467 Å². The maximum absolute atomic E-state index is 2.28. The minimum absolute atomic E-state index is 1.37. The molecule has 0 aromatic heterocycles. The summed E-state index contributed by atoms with van der Waals surface area (Å²) in [7, 11) is 0. The molecule has 0 bridgehead atoms. The van der Waals surface area contributed by atoms with Gasteiger partial charge < -0.3 is 0 Å². The van der Waals surface area contributed by atoms with Gasteiger partial charge in [-0.3, -0.25) is 0 Å². The number of unbranched alkanes of at least 4 members (excludes halogenated alkanes) is 51. The van der Waals surface area contributed by atoms with Crippen molar-refractivity contribution in [1.29, 1.82) is 0 Å². The highest BCUT2D eigenvalue weighted by molar-refractivity contribution is 4.49. The van der Waals surface area contributed by atoms with Crippen LogP contribution >= 0.6 is 0 Å². The molecule has 0 aromatic rings. The molecule has 0 N–H and O–H groups in total. The molecule has 0 radical (unpaired) electrons. The monoisotopic (exact) mass is 1020 g/mol. The second-order valence-electron chi connectivity index (χ2n) is 22.6. The van der Waals surface area contributed by atoms with Gasteiger partial charge in [-0.15, -0.1) is 0 Å². The lowest BCUT2D eigenvalue weighted by atomic mass is 10.1. The second-order valence-corrected chi connectivity index (χ2v) is 22.6. The van der Waals surface area contributed by atoms with Gasteiger partial charge in [0, 0.05) is 0 Å².